The van der Waals surface area contributed by atoms with Crippen molar-refractivity contribution in [2.75, 3.05) is 5.75 Å². The molecule has 1 nitrogen and oxygen atoms in total. The molecule has 0 saturated heterocycles. The highest BCUT2D eigenvalue weighted by Gasteiger charge is 2.21. The summed E-state index contributed by atoms with van der Waals surface area (Å²) in [5.74, 6) is 0.728. The molecule has 1 aromatic carbocycles. The fourth-order valence-corrected chi connectivity index (χ4v) is 2.40. The van der Waals surface area contributed by atoms with Crippen LogP contribution in [0.15, 0.2) is 23.1 Å². The van der Waals surface area contributed by atoms with Gasteiger partial charge < -0.3 is 0 Å². The first-order chi connectivity index (χ1) is 5.29. The summed E-state index contributed by atoms with van der Waals surface area (Å²) in [5.41, 5.74) is 0.780. The second-order valence-corrected chi connectivity index (χ2v) is 3.72. The van der Waals surface area contributed by atoms with Gasteiger partial charge in [-0.15, -0.1) is 24.2 Å². The van der Waals surface area contributed by atoms with Gasteiger partial charge in [-0.2, -0.15) is 0 Å². The molecule has 1 aromatic rings. The molecular weight excluding hydrogens is 215 g/mol. The molecule has 0 atom stereocenters. The highest BCUT2D eigenvalue weighted by Crippen LogP contribution is 2.36. The number of hydrogen-bond donors (Lipinski definition) is 0. The molecule has 0 aliphatic carbocycles. The Morgan fingerprint density at radius 3 is 2.83 bits per heavy atom. The lowest BCUT2D eigenvalue weighted by Gasteiger charge is -1.96. The van der Waals surface area contributed by atoms with Gasteiger partial charge in [0.05, 0.1) is 10.8 Å². The Morgan fingerprint density at radius 2 is 2.17 bits per heavy atom. The van der Waals surface area contributed by atoms with Gasteiger partial charge in [0.15, 0.2) is 5.78 Å². The highest BCUT2D eigenvalue weighted by atomic mass is 35.5. The molecule has 4 heteroatoms. The van der Waals surface area contributed by atoms with Gasteiger partial charge in [0.2, 0.25) is 0 Å². The predicted molar refractivity (Wildman–Crippen MR) is 53.8 cm³/mol. The molecule has 0 aromatic heterocycles. The van der Waals surface area contributed by atoms with E-state index >= 15 is 0 Å². The van der Waals surface area contributed by atoms with Crippen LogP contribution in [0.5, 0.6) is 0 Å². The van der Waals surface area contributed by atoms with Gasteiger partial charge in [-0.1, -0.05) is 23.7 Å². The van der Waals surface area contributed by atoms with Crippen molar-refractivity contribution in [1.29, 1.82) is 0 Å². The summed E-state index contributed by atoms with van der Waals surface area (Å²) in [6.07, 6.45) is 0. The standard InChI is InChI=1S/C8H5ClOS.ClH/c9-6-3-1-2-5-7(10)4-11-8(5)6;/h1-3H,4H2;1H. The summed E-state index contributed by atoms with van der Waals surface area (Å²) < 4.78 is 0. The number of carbonyl (C=O) groups is 1. The normalized spacial score (nSPS) is 13.9. The van der Waals surface area contributed by atoms with Crippen LogP contribution in [0.4, 0.5) is 0 Å². The number of carbonyl (C=O) groups excluding carboxylic acids is 1. The number of ketones is 1. The number of rotatable bonds is 0. The van der Waals surface area contributed by atoms with Crippen molar-refractivity contribution < 1.29 is 4.79 Å². The number of thioether (sulfide) groups is 1. The van der Waals surface area contributed by atoms with E-state index in [4.69, 9.17) is 11.6 Å². The molecular formula is C8H6Cl2OS. The number of Topliss-reactive ketones (excluding diaryl/α,β-unsaturated/α-hetero) is 1. The Kier molecular flexibility index (Phi) is 3.04. The van der Waals surface area contributed by atoms with Crippen LogP contribution in [-0.4, -0.2) is 11.5 Å². The molecule has 0 amide bonds. The maximum Gasteiger partial charge on any atom is 0.174 e. The minimum absolute atomic E-state index is 0. The second kappa shape index (κ2) is 3.69. The third-order valence-electron chi connectivity index (χ3n) is 1.61. The zero-order valence-corrected chi connectivity index (χ0v) is 8.43. The van der Waals surface area contributed by atoms with E-state index in [1.54, 1.807) is 0 Å². The van der Waals surface area contributed by atoms with Crippen LogP contribution in [0.1, 0.15) is 10.4 Å². The van der Waals surface area contributed by atoms with Crippen LogP contribution in [-0.2, 0) is 0 Å². The first kappa shape index (κ1) is 9.90. The molecule has 0 saturated carbocycles. The average molecular weight is 221 g/mol. The molecule has 0 unspecified atom stereocenters. The lowest BCUT2D eigenvalue weighted by atomic mass is 10.2. The van der Waals surface area contributed by atoms with Gasteiger partial charge in [0, 0.05) is 10.5 Å². The minimum atomic E-state index is 0. The smallest absolute Gasteiger partial charge is 0.174 e. The molecule has 0 bridgehead atoms. The molecule has 0 fully saturated rings. The van der Waals surface area contributed by atoms with Gasteiger partial charge in [-0.3, -0.25) is 4.79 Å². The van der Waals surface area contributed by atoms with E-state index in [0.29, 0.717) is 10.8 Å². The lowest BCUT2D eigenvalue weighted by molar-refractivity contribution is 0.102. The van der Waals surface area contributed by atoms with E-state index in [1.165, 1.54) is 11.8 Å². The third kappa shape index (κ3) is 1.47. The molecule has 12 heavy (non-hydrogen) atoms. The van der Waals surface area contributed by atoms with Gasteiger partial charge in [0.25, 0.3) is 0 Å². The molecule has 0 spiro atoms. The predicted octanol–water partition coefficient (Wildman–Crippen LogP) is 3.05. The van der Waals surface area contributed by atoms with Crippen LogP contribution in [0.2, 0.25) is 5.02 Å². The van der Waals surface area contributed by atoms with Crippen LogP contribution in [0.3, 0.4) is 0 Å². The van der Waals surface area contributed by atoms with Gasteiger partial charge in [-0.05, 0) is 6.07 Å². The Morgan fingerprint density at radius 1 is 1.42 bits per heavy atom. The second-order valence-electron chi connectivity index (χ2n) is 2.33. The Balaban J connectivity index is 0.000000720. The zero-order valence-electron chi connectivity index (χ0n) is 6.04. The largest absolute Gasteiger partial charge is 0.293 e. The van der Waals surface area contributed by atoms with E-state index in [-0.39, 0.29) is 18.2 Å². The van der Waals surface area contributed by atoms with Crippen molar-refractivity contribution >= 4 is 41.6 Å². The van der Waals surface area contributed by atoms with E-state index in [9.17, 15) is 4.79 Å². The van der Waals surface area contributed by atoms with Gasteiger partial charge in [0.1, 0.15) is 0 Å². The van der Waals surface area contributed by atoms with Crippen LogP contribution in [0.25, 0.3) is 0 Å². The minimum Gasteiger partial charge on any atom is -0.293 e. The summed E-state index contributed by atoms with van der Waals surface area (Å²) in [6.45, 7) is 0. The molecule has 64 valence electrons. The van der Waals surface area contributed by atoms with E-state index in [1.807, 2.05) is 18.2 Å². The maximum absolute atomic E-state index is 11.1. The molecule has 0 radical (unpaired) electrons. The number of fused-ring (bicyclic) bond motifs is 1. The van der Waals surface area contributed by atoms with Crippen molar-refractivity contribution in [3.8, 4) is 0 Å². The van der Waals surface area contributed by atoms with Crippen molar-refractivity contribution in [1.82, 2.24) is 0 Å². The molecule has 1 aliphatic rings. The fraction of sp³-hybridized carbons (Fsp3) is 0.125. The van der Waals surface area contributed by atoms with E-state index in [2.05, 4.69) is 0 Å². The van der Waals surface area contributed by atoms with Crippen LogP contribution >= 0.6 is 35.8 Å². The monoisotopic (exact) mass is 220 g/mol. The highest BCUT2D eigenvalue weighted by molar-refractivity contribution is 8.00. The van der Waals surface area contributed by atoms with Crippen molar-refractivity contribution in [2.24, 2.45) is 0 Å². The third-order valence-corrected chi connectivity index (χ3v) is 3.18. The quantitative estimate of drug-likeness (QED) is 0.669. The zero-order chi connectivity index (χ0) is 7.84. The molecule has 1 heterocycles. The van der Waals surface area contributed by atoms with E-state index in [0.717, 1.165) is 10.5 Å². The number of halogens is 2. The average Bonchev–Trinajstić information content (AvgIpc) is 2.35. The fourth-order valence-electron chi connectivity index (χ4n) is 1.09. The van der Waals surface area contributed by atoms with E-state index < -0.39 is 0 Å². The Hall–Kier alpha value is -0.180. The SMILES string of the molecule is Cl.O=C1CSc2c(Cl)cccc21. The summed E-state index contributed by atoms with van der Waals surface area (Å²) in [4.78, 5) is 12.1. The maximum atomic E-state index is 11.1. The summed E-state index contributed by atoms with van der Waals surface area (Å²) in [6, 6.07) is 5.44. The molecule has 2 rings (SSSR count). The Bertz CT molecular complexity index is 325. The van der Waals surface area contributed by atoms with Crippen LogP contribution < -0.4 is 0 Å². The van der Waals surface area contributed by atoms with Crippen molar-refractivity contribution in [3.63, 3.8) is 0 Å². The van der Waals surface area contributed by atoms with Gasteiger partial charge in [-0.25, -0.2) is 0 Å². The van der Waals surface area contributed by atoms with Crippen molar-refractivity contribution in [2.45, 2.75) is 4.90 Å². The summed E-state index contributed by atoms with van der Waals surface area (Å²) in [5, 5.41) is 0.693. The Labute approximate surface area is 85.9 Å². The topological polar surface area (TPSA) is 17.1 Å². The van der Waals surface area contributed by atoms with Crippen molar-refractivity contribution in [3.05, 3.63) is 28.8 Å². The number of benzene rings is 1. The molecule has 0 N–H and O–H groups in total. The van der Waals surface area contributed by atoms with Gasteiger partial charge >= 0.3 is 0 Å². The number of hydrogen-bond acceptors (Lipinski definition) is 2. The lowest BCUT2D eigenvalue weighted by Crippen LogP contribution is -1.93. The van der Waals surface area contributed by atoms with Crippen LogP contribution in [0, 0.1) is 0 Å². The first-order valence-electron chi connectivity index (χ1n) is 3.23. The summed E-state index contributed by atoms with van der Waals surface area (Å²) >= 11 is 7.38. The first-order valence-corrected chi connectivity index (χ1v) is 4.60. The molecule has 1 aliphatic heterocycles. The summed E-state index contributed by atoms with van der Waals surface area (Å²) in [7, 11) is 0.